The average Bonchev–Trinajstić information content (AvgIpc) is 2.62. The van der Waals surface area contributed by atoms with Gasteiger partial charge in [-0.3, -0.25) is 0 Å². The van der Waals surface area contributed by atoms with E-state index < -0.39 is 0 Å². The molecule has 2 bridgehead atoms. The maximum Gasteiger partial charge on any atom is 0.147 e. The van der Waals surface area contributed by atoms with Crippen molar-refractivity contribution in [2.45, 2.75) is 43.8 Å². The molecule has 1 aromatic carbocycles. The van der Waals surface area contributed by atoms with Gasteiger partial charge in [0.25, 0.3) is 0 Å². The lowest BCUT2D eigenvalue weighted by Crippen LogP contribution is -2.43. The fourth-order valence-electron chi connectivity index (χ4n) is 3.00. The molecule has 2 saturated heterocycles. The summed E-state index contributed by atoms with van der Waals surface area (Å²) in [5, 5.41) is 6.93. The first-order valence-corrected chi connectivity index (χ1v) is 6.97. The van der Waals surface area contributed by atoms with Crippen LogP contribution in [0, 0.1) is 5.82 Å². The maximum absolute atomic E-state index is 13.7. The minimum Gasteiger partial charge on any atom is -0.380 e. The molecule has 3 rings (SSSR count). The third kappa shape index (κ3) is 2.47. The smallest absolute Gasteiger partial charge is 0.147 e. The topological polar surface area (TPSA) is 24.1 Å². The van der Waals surface area contributed by atoms with Crippen molar-refractivity contribution in [2.24, 2.45) is 0 Å². The number of halogens is 2. The standard InChI is InChI=1S/C13H16BrFN2/c14-8-1-4-13(12(15)5-8)17-11-6-9-2-3-10(7-11)16-9/h1,4-5,9-11,16-17H,2-3,6-7H2. The molecule has 0 aromatic heterocycles. The van der Waals surface area contributed by atoms with E-state index in [1.165, 1.54) is 18.9 Å². The molecule has 0 radical (unpaired) electrons. The Morgan fingerprint density at radius 3 is 2.59 bits per heavy atom. The lowest BCUT2D eigenvalue weighted by molar-refractivity contribution is 0.377. The first-order valence-electron chi connectivity index (χ1n) is 6.18. The molecule has 2 N–H and O–H groups in total. The normalized spacial score (nSPS) is 31.5. The molecular formula is C13H16BrFN2. The Bertz CT molecular complexity index is 412. The van der Waals surface area contributed by atoms with E-state index in [0.717, 1.165) is 17.3 Å². The Labute approximate surface area is 109 Å². The molecule has 0 spiro atoms. The molecule has 0 saturated carbocycles. The van der Waals surface area contributed by atoms with Crippen molar-refractivity contribution in [3.63, 3.8) is 0 Å². The van der Waals surface area contributed by atoms with E-state index in [-0.39, 0.29) is 5.82 Å². The van der Waals surface area contributed by atoms with Crippen LogP contribution in [0.5, 0.6) is 0 Å². The van der Waals surface area contributed by atoms with Crippen molar-refractivity contribution >= 4 is 21.6 Å². The zero-order valence-electron chi connectivity index (χ0n) is 9.55. The molecule has 17 heavy (non-hydrogen) atoms. The number of nitrogens with one attached hydrogen (secondary N) is 2. The highest BCUT2D eigenvalue weighted by molar-refractivity contribution is 9.10. The number of rotatable bonds is 2. The van der Waals surface area contributed by atoms with Gasteiger partial charge in [-0.15, -0.1) is 0 Å². The lowest BCUT2D eigenvalue weighted by atomic mass is 9.99. The van der Waals surface area contributed by atoms with Gasteiger partial charge < -0.3 is 10.6 Å². The molecule has 2 fully saturated rings. The summed E-state index contributed by atoms with van der Waals surface area (Å²) >= 11 is 3.27. The van der Waals surface area contributed by atoms with Gasteiger partial charge in [0.05, 0.1) is 5.69 Å². The predicted octanol–water partition coefficient (Wildman–Crippen LogP) is 3.28. The molecule has 2 heterocycles. The van der Waals surface area contributed by atoms with E-state index in [9.17, 15) is 4.39 Å². The van der Waals surface area contributed by atoms with E-state index in [2.05, 4.69) is 26.6 Å². The zero-order valence-corrected chi connectivity index (χ0v) is 11.1. The first-order chi connectivity index (χ1) is 8.20. The first kappa shape index (κ1) is 11.5. The second kappa shape index (κ2) is 4.58. The summed E-state index contributed by atoms with van der Waals surface area (Å²) in [7, 11) is 0. The molecule has 0 amide bonds. The maximum atomic E-state index is 13.7. The Hall–Kier alpha value is -0.610. The van der Waals surface area contributed by atoms with Gasteiger partial charge in [-0.05, 0) is 43.9 Å². The average molecular weight is 299 g/mol. The van der Waals surface area contributed by atoms with Crippen molar-refractivity contribution in [3.8, 4) is 0 Å². The number of anilines is 1. The van der Waals surface area contributed by atoms with E-state index in [1.807, 2.05) is 12.1 Å². The van der Waals surface area contributed by atoms with E-state index in [1.54, 1.807) is 0 Å². The van der Waals surface area contributed by atoms with Crippen molar-refractivity contribution in [1.82, 2.24) is 5.32 Å². The number of piperidine rings is 1. The van der Waals surface area contributed by atoms with Crippen LogP contribution in [0.2, 0.25) is 0 Å². The Morgan fingerprint density at radius 1 is 1.24 bits per heavy atom. The van der Waals surface area contributed by atoms with Gasteiger partial charge >= 0.3 is 0 Å². The van der Waals surface area contributed by atoms with Crippen molar-refractivity contribution in [1.29, 1.82) is 0 Å². The van der Waals surface area contributed by atoms with Crippen LogP contribution >= 0.6 is 15.9 Å². The molecular weight excluding hydrogens is 283 g/mol. The monoisotopic (exact) mass is 298 g/mol. The molecule has 2 unspecified atom stereocenters. The number of hydrogen-bond acceptors (Lipinski definition) is 2. The summed E-state index contributed by atoms with van der Waals surface area (Å²) in [6.45, 7) is 0. The highest BCUT2D eigenvalue weighted by atomic mass is 79.9. The fourth-order valence-corrected chi connectivity index (χ4v) is 3.33. The SMILES string of the molecule is Fc1cc(Br)ccc1NC1CC2CCC(C1)N2. The fraction of sp³-hybridized carbons (Fsp3) is 0.538. The second-order valence-corrected chi connectivity index (χ2v) is 5.99. The summed E-state index contributed by atoms with van der Waals surface area (Å²) in [6, 6.07) is 6.86. The second-order valence-electron chi connectivity index (χ2n) is 5.07. The molecule has 2 aliphatic rings. The molecule has 1 aromatic rings. The van der Waals surface area contributed by atoms with Gasteiger partial charge in [0.2, 0.25) is 0 Å². The number of hydrogen-bond donors (Lipinski definition) is 2. The van der Waals surface area contributed by atoms with Crippen molar-refractivity contribution < 1.29 is 4.39 Å². The molecule has 2 aliphatic heterocycles. The van der Waals surface area contributed by atoms with Crippen LogP contribution < -0.4 is 10.6 Å². The minimum absolute atomic E-state index is 0.176. The van der Waals surface area contributed by atoms with E-state index in [0.29, 0.717) is 23.8 Å². The Morgan fingerprint density at radius 2 is 1.94 bits per heavy atom. The van der Waals surface area contributed by atoms with Crippen molar-refractivity contribution in [2.75, 3.05) is 5.32 Å². The highest BCUT2D eigenvalue weighted by Gasteiger charge is 2.33. The molecule has 2 nitrogen and oxygen atoms in total. The van der Waals surface area contributed by atoms with Crippen LogP contribution in [0.3, 0.4) is 0 Å². The number of benzene rings is 1. The predicted molar refractivity (Wildman–Crippen MR) is 70.7 cm³/mol. The highest BCUT2D eigenvalue weighted by Crippen LogP contribution is 2.29. The van der Waals surface area contributed by atoms with Gasteiger partial charge in [0.15, 0.2) is 0 Å². The summed E-state index contributed by atoms with van der Waals surface area (Å²) < 4.78 is 14.5. The van der Waals surface area contributed by atoms with Gasteiger partial charge in [0, 0.05) is 22.6 Å². The van der Waals surface area contributed by atoms with E-state index in [4.69, 9.17) is 0 Å². The quantitative estimate of drug-likeness (QED) is 0.875. The zero-order chi connectivity index (χ0) is 11.8. The van der Waals surface area contributed by atoms with Crippen LogP contribution in [-0.2, 0) is 0 Å². The van der Waals surface area contributed by atoms with Gasteiger partial charge in [-0.2, -0.15) is 0 Å². The largest absolute Gasteiger partial charge is 0.380 e. The molecule has 4 heteroatoms. The molecule has 2 atom stereocenters. The lowest BCUT2D eigenvalue weighted by Gasteiger charge is -2.30. The van der Waals surface area contributed by atoms with Gasteiger partial charge in [-0.1, -0.05) is 15.9 Å². The third-order valence-corrected chi connectivity index (χ3v) is 4.26. The van der Waals surface area contributed by atoms with Crippen molar-refractivity contribution in [3.05, 3.63) is 28.5 Å². The molecule has 0 aliphatic carbocycles. The van der Waals surface area contributed by atoms with Crippen LogP contribution in [0.25, 0.3) is 0 Å². The summed E-state index contributed by atoms with van der Waals surface area (Å²) in [6.07, 6.45) is 4.75. The molecule has 92 valence electrons. The van der Waals surface area contributed by atoms with Crippen LogP contribution in [0.4, 0.5) is 10.1 Å². The summed E-state index contributed by atoms with van der Waals surface area (Å²) in [5.74, 6) is -0.176. The third-order valence-electron chi connectivity index (χ3n) is 3.76. The number of fused-ring (bicyclic) bond motifs is 2. The van der Waals surface area contributed by atoms with Gasteiger partial charge in [-0.25, -0.2) is 4.39 Å². The van der Waals surface area contributed by atoms with Crippen LogP contribution in [-0.4, -0.2) is 18.1 Å². The summed E-state index contributed by atoms with van der Waals surface area (Å²) in [4.78, 5) is 0. The minimum atomic E-state index is -0.176. The van der Waals surface area contributed by atoms with E-state index >= 15 is 0 Å². The van der Waals surface area contributed by atoms with Gasteiger partial charge in [0.1, 0.15) is 5.82 Å². The van der Waals surface area contributed by atoms with Crippen LogP contribution in [0.15, 0.2) is 22.7 Å². The Balaban J connectivity index is 1.70. The summed E-state index contributed by atoms with van der Waals surface area (Å²) in [5.41, 5.74) is 0.625. The van der Waals surface area contributed by atoms with Crippen LogP contribution in [0.1, 0.15) is 25.7 Å². The Kier molecular flexibility index (Phi) is 3.09.